The Bertz CT molecular complexity index is 4050. The maximum atomic E-state index is 6.65. The van der Waals surface area contributed by atoms with Gasteiger partial charge in [0.25, 0.3) is 0 Å². The Balaban J connectivity index is 0.920. The fourth-order valence-corrected chi connectivity index (χ4v) is 10.0. The first-order valence-electron chi connectivity index (χ1n) is 24.1. The van der Waals surface area contributed by atoms with Crippen LogP contribution in [0.25, 0.3) is 133 Å². The summed E-state index contributed by atoms with van der Waals surface area (Å²) in [5.41, 5.74) is 20.3. The van der Waals surface area contributed by atoms with E-state index >= 15 is 0 Å². The molecule has 0 aliphatic rings. The predicted molar refractivity (Wildman–Crippen MR) is 296 cm³/mol. The van der Waals surface area contributed by atoms with E-state index in [9.17, 15) is 0 Å². The molecule has 0 unspecified atom stereocenters. The van der Waals surface area contributed by atoms with Crippen LogP contribution in [0.5, 0.6) is 0 Å². The SMILES string of the molecule is c1ccc(-c2ccc(-c3nc(-c4ccc(-c5cc(-c6ccccc6)cc(-c6ccc(-c7ccccc7)cc6-c6ccccc6)c5)cc4)cc(-c4ccc5c(c4)oc4c6ccccc6ccc54)n3)cc2)cc1. The van der Waals surface area contributed by atoms with Crippen molar-refractivity contribution in [2.24, 2.45) is 0 Å². The summed E-state index contributed by atoms with van der Waals surface area (Å²) in [6.07, 6.45) is 0. The number of nitrogens with zero attached hydrogens (tertiary/aromatic N) is 2. The van der Waals surface area contributed by atoms with E-state index in [2.05, 4.69) is 261 Å². The second kappa shape index (κ2) is 17.9. The molecule has 3 nitrogen and oxygen atoms in total. The minimum atomic E-state index is 0.657. The van der Waals surface area contributed by atoms with E-state index in [1.165, 1.54) is 38.9 Å². The summed E-state index contributed by atoms with van der Waals surface area (Å²) in [5, 5.41) is 4.45. The standard InChI is InChI=1S/C68H44N2O/c1-5-15-45(16-6-1)48-27-31-53(32-28-48)68-69-64(44-65(70-68)55-35-37-61-62-38-33-51-23-13-14-24-60(51)67(62)71-66(61)43-55)52-29-25-49(26-30-52)57-39-56(47-19-9-3-10-20-47)40-58(41-57)59-36-34-54(46-17-7-2-8-18-46)42-63(59)50-21-11-4-12-22-50/h1-44H. The van der Waals surface area contributed by atoms with Crippen LogP contribution in [-0.2, 0) is 0 Å². The van der Waals surface area contributed by atoms with Crippen LogP contribution < -0.4 is 0 Å². The van der Waals surface area contributed by atoms with Gasteiger partial charge in [0, 0.05) is 32.8 Å². The lowest BCUT2D eigenvalue weighted by Crippen LogP contribution is -1.96. The first-order valence-corrected chi connectivity index (χ1v) is 24.1. The Kier molecular flexibility index (Phi) is 10.5. The van der Waals surface area contributed by atoms with Crippen molar-refractivity contribution in [3.05, 3.63) is 267 Å². The van der Waals surface area contributed by atoms with Gasteiger partial charge in [0.05, 0.1) is 11.4 Å². The maximum absolute atomic E-state index is 6.65. The first-order chi connectivity index (χ1) is 35.1. The largest absolute Gasteiger partial charge is 0.455 e. The first kappa shape index (κ1) is 41.7. The molecule has 3 heteroatoms. The molecule has 2 aromatic heterocycles. The van der Waals surface area contributed by atoms with E-state index in [1.807, 2.05) is 6.07 Å². The molecule has 0 aliphatic heterocycles. The molecule has 0 N–H and O–H groups in total. The average molecular weight is 905 g/mol. The Morgan fingerprint density at radius 1 is 0.239 bits per heavy atom. The third kappa shape index (κ3) is 8.06. The summed E-state index contributed by atoms with van der Waals surface area (Å²) >= 11 is 0. The van der Waals surface area contributed by atoms with Gasteiger partial charge >= 0.3 is 0 Å². The normalized spacial score (nSPS) is 11.4. The lowest BCUT2D eigenvalue weighted by atomic mass is 9.88. The number of benzene rings is 11. The van der Waals surface area contributed by atoms with E-state index in [0.717, 1.165) is 88.6 Å². The van der Waals surface area contributed by atoms with E-state index in [4.69, 9.17) is 14.4 Å². The van der Waals surface area contributed by atoms with Crippen LogP contribution >= 0.6 is 0 Å². The zero-order chi connectivity index (χ0) is 47.1. The van der Waals surface area contributed by atoms with Crippen molar-refractivity contribution < 1.29 is 4.42 Å². The van der Waals surface area contributed by atoms with E-state index in [1.54, 1.807) is 0 Å². The fraction of sp³-hybridized carbons (Fsp3) is 0. The molecule has 13 rings (SSSR count). The Morgan fingerprint density at radius 2 is 0.704 bits per heavy atom. The third-order valence-corrected chi connectivity index (χ3v) is 13.7. The molecule has 0 saturated heterocycles. The number of furan rings is 1. The molecule has 0 aliphatic carbocycles. The van der Waals surface area contributed by atoms with Crippen LogP contribution in [0.4, 0.5) is 0 Å². The number of hydrogen-bond acceptors (Lipinski definition) is 3. The van der Waals surface area contributed by atoms with Crippen LogP contribution in [0.2, 0.25) is 0 Å². The van der Waals surface area contributed by atoms with Gasteiger partial charge in [0.1, 0.15) is 11.2 Å². The summed E-state index contributed by atoms with van der Waals surface area (Å²) in [5.74, 6) is 0.657. The summed E-state index contributed by atoms with van der Waals surface area (Å²) in [7, 11) is 0. The van der Waals surface area contributed by atoms with Gasteiger partial charge in [-0.1, -0.05) is 218 Å². The third-order valence-electron chi connectivity index (χ3n) is 13.7. The molecule has 0 saturated carbocycles. The molecular weight excluding hydrogens is 861 g/mol. The average Bonchev–Trinajstić information content (AvgIpc) is 3.84. The Labute approximate surface area is 412 Å². The highest BCUT2D eigenvalue weighted by Crippen LogP contribution is 2.41. The number of rotatable bonds is 9. The summed E-state index contributed by atoms with van der Waals surface area (Å²) in [6.45, 7) is 0. The molecule has 13 aromatic rings. The Morgan fingerprint density at radius 3 is 1.37 bits per heavy atom. The fourth-order valence-electron chi connectivity index (χ4n) is 10.0. The zero-order valence-corrected chi connectivity index (χ0v) is 38.7. The van der Waals surface area contributed by atoms with Crippen molar-refractivity contribution in [2.45, 2.75) is 0 Å². The minimum absolute atomic E-state index is 0.657. The van der Waals surface area contributed by atoms with Gasteiger partial charge in [-0.2, -0.15) is 0 Å². The second-order valence-corrected chi connectivity index (χ2v) is 18.1. The summed E-state index contributed by atoms with van der Waals surface area (Å²) < 4.78 is 6.65. The molecule has 11 aromatic carbocycles. The van der Waals surface area contributed by atoms with Crippen LogP contribution in [0.3, 0.4) is 0 Å². The van der Waals surface area contributed by atoms with Gasteiger partial charge in [-0.15, -0.1) is 0 Å². The number of aromatic nitrogens is 2. The van der Waals surface area contributed by atoms with Crippen molar-refractivity contribution >= 4 is 32.7 Å². The zero-order valence-electron chi connectivity index (χ0n) is 38.7. The van der Waals surface area contributed by atoms with Crippen LogP contribution in [-0.4, -0.2) is 9.97 Å². The van der Waals surface area contributed by atoms with Gasteiger partial charge in [0.2, 0.25) is 0 Å². The minimum Gasteiger partial charge on any atom is -0.455 e. The monoisotopic (exact) mass is 904 g/mol. The van der Waals surface area contributed by atoms with Crippen molar-refractivity contribution in [1.82, 2.24) is 9.97 Å². The number of hydrogen-bond donors (Lipinski definition) is 0. The Hall–Kier alpha value is -9.44. The summed E-state index contributed by atoms with van der Waals surface area (Å²) in [6, 6.07) is 95.0. The highest BCUT2D eigenvalue weighted by molar-refractivity contribution is 6.15. The molecule has 71 heavy (non-hydrogen) atoms. The maximum Gasteiger partial charge on any atom is 0.160 e. The van der Waals surface area contributed by atoms with Crippen molar-refractivity contribution in [2.75, 3.05) is 0 Å². The predicted octanol–water partition coefficient (Wildman–Crippen LogP) is 18.5. The number of fused-ring (bicyclic) bond motifs is 5. The molecule has 0 radical (unpaired) electrons. The molecular formula is C68H44N2O. The van der Waals surface area contributed by atoms with Crippen LogP contribution in [0.15, 0.2) is 271 Å². The van der Waals surface area contributed by atoms with Gasteiger partial charge in [-0.25, -0.2) is 9.97 Å². The van der Waals surface area contributed by atoms with Crippen molar-refractivity contribution in [3.63, 3.8) is 0 Å². The second-order valence-electron chi connectivity index (χ2n) is 18.1. The molecule has 0 spiro atoms. The smallest absolute Gasteiger partial charge is 0.160 e. The molecule has 0 fully saturated rings. The van der Waals surface area contributed by atoms with Gasteiger partial charge in [0.15, 0.2) is 5.82 Å². The summed E-state index contributed by atoms with van der Waals surface area (Å²) in [4.78, 5) is 10.5. The van der Waals surface area contributed by atoms with Crippen molar-refractivity contribution in [3.8, 4) is 101 Å². The highest BCUT2D eigenvalue weighted by atomic mass is 16.3. The van der Waals surface area contributed by atoms with Gasteiger partial charge in [-0.3, -0.25) is 0 Å². The lowest BCUT2D eigenvalue weighted by Gasteiger charge is -2.16. The quantitative estimate of drug-likeness (QED) is 0.145. The molecule has 332 valence electrons. The van der Waals surface area contributed by atoms with Crippen LogP contribution in [0.1, 0.15) is 0 Å². The van der Waals surface area contributed by atoms with E-state index in [-0.39, 0.29) is 0 Å². The van der Waals surface area contributed by atoms with E-state index < -0.39 is 0 Å². The van der Waals surface area contributed by atoms with Crippen LogP contribution in [0, 0.1) is 0 Å². The van der Waals surface area contributed by atoms with E-state index in [0.29, 0.717) is 5.82 Å². The lowest BCUT2D eigenvalue weighted by molar-refractivity contribution is 0.673. The highest BCUT2D eigenvalue weighted by Gasteiger charge is 2.17. The van der Waals surface area contributed by atoms with Crippen molar-refractivity contribution in [1.29, 1.82) is 0 Å². The molecule has 0 atom stereocenters. The van der Waals surface area contributed by atoms with Gasteiger partial charge in [-0.05, 0) is 121 Å². The molecule has 2 heterocycles. The molecule has 0 bridgehead atoms. The topological polar surface area (TPSA) is 38.9 Å². The molecule has 0 amide bonds. The van der Waals surface area contributed by atoms with Gasteiger partial charge < -0.3 is 4.42 Å².